The van der Waals surface area contributed by atoms with E-state index in [4.69, 9.17) is 17.3 Å². The van der Waals surface area contributed by atoms with Crippen LogP contribution < -0.4 is 5.73 Å². The summed E-state index contributed by atoms with van der Waals surface area (Å²) in [6.07, 6.45) is 0.783. The summed E-state index contributed by atoms with van der Waals surface area (Å²) in [6, 6.07) is 5.01. The van der Waals surface area contributed by atoms with E-state index >= 15 is 0 Å². The maximum Gasteiger partial charge on any atom is 0.142 e. The van der Waals surface area contributed by atoms with Crippen molar-refractivity contribution in [3.8, 4) is 0 Å². The molecule has 0 radical (unpaired) electrons. The first-order valence-corrected chi connectivity index (χ1v) is 5.08. The number of benzene rings is 1. The molecule has 1 aromatic carbocycles. The highest BCUT2D eigenvalue weighted by Gasteiger charge is 2.09. The lowest BCUT2D eigenvalue weighted by molar-refractivity contribution is 0.480. The van der Waals surface area contributed by atoms with Gasteiger partial charge in [0.05, 0.1) is 5.02 Å². The summed E-state index contributed by atoms with van der Waals surface area (Å²) in [4.78, 5) is 0. The van der Waals surface area contributed by atoms with Crippen LogP contribution in [0.2, 0.25) is 5.02 Å². The van der Waals surface area contributed by atoms with E-state index < -0.39 is 0 Å². The van der Waals surface area contributed by atoms with Crippen molar-refractivity contribution in [1.29, 1.82) is 0 Å². The Morgan fingerprint density at radius 1 is 1.43 bits per heavy atom. The summed E-state index contributed by atoms with van der Waals surface area (Å²) in [5.41, 5.74) is 6.67. The summed E-state index contributed by atoms with van der Waals surface area (Å²) in [5, 5.41) is 0.169. The predicted octanol–water partition coefficient (Wildman–Crippen LogP) is 3.00. The predicted molar refractivity (Wildman–Crippen MR) is 57.9 cm³/mol. The Balaban J connectivity index is 2.73. The third kappa shape index (κ3) is 2.96. The molecule has 1 nitrogen and oxygen atoms in total. The zero-order chi connectivity index (χ0) is 10.7. The molecular weight excluding hydrogens is 201 g/mol. The largest absolute Gasteiger partial charge is 0.328 e. The molecule has 78 valence electrons. The van der Waals surface area contributed by atoms with Crippen molar-refractivity contribution in [3.05, 3.63) is 34.6 Å². The lowest BCUT2D eigenvalue weighted by atomic mass is 9.95. The lowest BCUT2D eigenvalue weighted by Gasteiger charge is -2.15. The van der Waals surface area contributed by atoms with Gasteiger partial charge in [0.25, 0.3) is 0 Å². The van der Waals surface area contributed by atoms with Gasteiger partial charge in [-0.2, -0.15) is 0 Å². The Hall–Kier alpha value is -0.600. The van der Waals surface area contributed by atoms with Crippen LogP contribution in [0, 0.1) is 11.7 Å². The molecule has 0 amide bonds. The Bertz CT molecular complexity index is 312. The average Bonchev–Trinajstić information content (AvgIpc) is 2.11. The summed E-state index contributed by atoms with van der Waals surface area (Å²) in [7, 11) is 0. The maximum absolute atomic E-state index is 13.1. The van der Waals surface area contributed by atoms with Gasteiger partial charge in [0.2, 0.25) is 0 Å². The third-order valence-corrected chi connectivity index (χ3v) is 2.75. The van der Waals surface area contributed by atoms with Crippen LogP contribution in [0.4, 0.5) is 4.39 Å². The van der Waals surface area contributed by atoms with Crippen LogP contribution >= 0.6 is 11.6 Å². The molecule has 0 aliphatic rings. The fourth-order valence-electron chi connectivity index (χ4n) is 1.22. The zero-order valence-electron chi connectivity index (χ0n) is 8.43. The minimum atomic E-state index is -0.360. The Morgan fingerprint density at radius 3 is 2.57 bits per heavy atom. The van der Waals surface area contributed by atoms with E-state index in [1.54, 1.807) is 6.07 Å². The number of rotatable bonds is 3. The first-order valence-electron chi connectivity index (χ1n) is 4.70. The number of halogens is 2. The maximum atomic E-state index is 13.1. The third-order valence-electron chi connectivity index (χ3n) is 2.44. The summed E-state index contributed by atoms with van der Waals surface area (Å²) in [5.74, 6) is -0.0170. The van der Waals surface area contributed by atoms with Crippen LogP contribution in [0.5, 0.6) is 0 Å². The van der Waals surface area contributed by atoms with Crippen molar-refractivity contribution in [2.24, 2.45) is 11.7 Å². The second-order valence-corrected chi connectivity index (χ2v) is 4.20. The van der Waals surface area contributed by atoms with Crippen molar-refractivity contribution in [2.75, 3.05) is 0 Å². The molecule has 0 spiro atoms. The number of nitrogens with two attached hydrogens (primary N) is 1. The molecule has 2 N–H and O–H groups in total. The van der Waals surface area contributed by atoms with Gasteiger partial charge < -0.3 is 5.73 Å². The van der Waals surface area contributed by atoms with Gasteiger partial charge >= 0.3 is 0 Å². The van der Waals surface area contributed by atoms with E-state index in [1.165, 1.54) is 6.07 Å². The van der Waals surface area contributed by atoms with Crippen LogP contribution in [0.25, 0.3) is 0 Å². The standard InChI is InChI=1S/C11H15ClFN/c1-7(8(2)14)5-9-3-4-10(12)11(13)6-9/h3-4,6-8H,5,14H2,1-2H3. The highest BCUT2D eigenvalue weighted by molar-refractivity contribution is 6.30. The zero-order valence-corrected chi connectivity index (χ0v) is 9.18. The molecule has 2 atom stereocenters. The monoisotopic (exact) mass is 215 g/mol. The molecule has 0 fully saturated rings. The molecule has 0 bridgehead atoms. The molecule has 0 heterocycles. The van der Waals surface area contributed by atoms with Crippen molar-refractivity contribution in [1.82, 2.24) is 0 Å². The smallest absolute Gasteiger partial charge is 0.142 e. The minimum absolute atomic E-state index is 0.119. The van der Waals surface area contributed by atoms with E-state index in [0.29, 0.717) is 5.92 Å². The van der Waals surface area contributed by atoms with Crippen molar-refractivity contribution in [3.63, 3.8) is 0 Å². The van der Waals surface area contributed by atoms with Crippen LogP contribution in [-0.4, -0.2) is 6.04 Å². The van der Waals surface area contributed by atoms with E-state index in [1.807, 2.05) is 13.0 Å². The second kappa shape index (κ2) is 4.76. The summed E-state index contributed by atoms with van der Waals surface area (Å²) < 4.78 is 13.1. The average molecular weight is 216 g/mol. The molecule has 1 aromatic rings. The molecule has 2 unspecified atom stereocenters. The van der Waals surface area contributed by atoms with Gasteiger partial charge in [0.15, 0.2) is 0 Å². The van der Waals surface area contributed by atoms with Gasteiger partial charge in [-0.1, -0.05) is 24.6 Å². The van der Waals surface area contributed by atoms with Gasteiger partial charge in [-0.3, -0.25) is 0 Å². The number of hydrogen-bond acceptors (Lipinski definition) is 1. The minimum Gasteiger partial charge on any atom is -0.328 e. The fraction of sp³-hybridized carbons (Fsp3) is 0.455. The molecule has 0 saturated heterocycles. The van der Waals surface area contributed by atoms with Crippen molar-refractivity contribution < 1.29 is 4.39 Å². The number of hydrogen-bond donors (Lipinski definition) is 1. The molecule has 3 heteroatoms. The van der Waals surface area contributed by atoms with Gasteiger partial charge in [-0.25, -0.2) is 4.39 Å². The normalized spacial score (nSPS) is 15.2. The van der Waals surface area contributed by atoms with E-state index in [2.05, 4.69) is 6.92 Å². The van der Waals surface area contributed by atoms with Gasteiger partial charge in [0.1, 0.15) is 5.82 Å². The molecule has 1 rings (SSSR count). The van der Waals surface area contributed by atoms with Crippen molar-refractivity contribution in [2.45, 2.75) is 26.3 Å². The quantitative estimate of drug-likeness (QED) is 0.824. The molecule has 0 aliphatic heterocycles. The van der Waals surface area contributed by atoms with Gasteiger partial charge in [-0.05, 0) is 37.0 Å². The van der Waals surface area contributed by atoms with Crippen LogP contribution in [0.15, 0.2) is 18.2 Å². The first kappa shape index (κ1) is 11.5. The van der Waals surface area contributed by atoms with Crippen LogP contribution in [-0.2, 0) is 6.42 Å². The Morgan fingerprint density at radius 2 is 2.07 bits per heavy atom. The highest BCUT2D eigenvalue weighted by Crippen LogP contribution is 2.18. The molecule has 0 aliphatic carbocycles. The Labute approximate surface area is 89.1 Å². The molecule has 0 aromatic heterocycles. The Kier molecular flexibility index (Phi) is 3.90. The van der Waals surface area contributed by atoms with Gasteiger partial charge in [-0.15, -0.1) is 0 Å². The molecule has 14 heavy (non-hydrogen) atoms. The van der Waals surface area contributed by atoms with Crippen LogP contribution in [0.3, 0.4) is 0 Å². The SMILES string of the molecule is CC(N)C(C)Cc1ccc(Cl)c(F)c1. The van der Waals surface area contributed by atoms with Crippen LogP contribution in [0.1, 0.15) is 19.4 Å². The summed E-state index contributed by atoms with van der Waals surface area (Å²) >= 11 is 5.58. The van der Waals surface area contributed by atoms with E-state index in [-0.39, 0.29) is 16.9 Å². The molecule has 0 saturated carbocycles. The highest BCUT2D eigenvalue weighted by atomic mass is 35.5. The topological polar surface area (TPSA) is 26.0 Å². The second-order valence-electron chi connectivity index (χ2n) is 3.79. The van der Waals surface area contributed by atoms with E-state index in [0.717, 1.165) is 12.0 Å². The van der Waals surface area contributed by atoms with Crippen molar-refractivity contribution >= 4 is 11.6 Å². The van der Waals surface area contributed by atoms with E-state index in [9.17, 15) is 4.39 Å². The molecular formula is C11H15ClFN. The van der Waals surface area contributed by atoms with Gasteiger partial charge in [0, 0.05) is 6.04 Å². The lowest BCUT2D eigenvalue weighted by Crippen LogP contribution is -2.25. The fourth-order valence-corrected chi connectivity index (χ4v) is 1.34. The summed E-state index contributed by atoms with van der Waals surface area (Å²) in [6.45, 7) is 4.01. The first-order chi connectivity index (χ1) is 6.50.